The molecule has 0 amide bonds. The van der Waals surface area contributed by atoms with E-state index < -0.39 is 104 Å². The van der Waals surface area contributed by atoms with Crippen LogP contribution in [0.5, 0.6) is 0 Å². The molecule has 10 unspecified atom stereocenters. The van der Waals surface area contributed by atoms with Crippen molar-refractivity contribution in [1.82, 2.24) is 0 Å². The molecule has 0 aromatic carbocycles. The molecule has 0 radical (unpaired) electrons. The van der Waals surface area contributed by atoms with Gasteiger partial charge in [-0.2, -0.15) is 0 Å². The van der Waals surface area contributed by atoms with Gasteiger partial charge in [-0.05, 0) is 0 Å². The number of aliphatic hydroxyl groups is 3. The molecule has 216 valence electrons. The first-order valence-corrected chi connectivity index (χ1v) is 11.5. The molecule has 2 aliphatic heterocycles. The summed E-state index contributed by atoms with van der Waals surface area (Å²) < 4.78 is 42.0. The molecule has 16 heteroatoms. The highest BCUT2D eigenvalue weighted by atomic mass is 16.7. The molecule has 2 heterocycles. The van der Waals surface area contributed by atoms with Gasteiger partial charge in [-0.15, -0.1) is 0 Å². The standard InChI is InChI=1S/C22H32O16/c1-8(23)31-6-13-15(28)18(33-10(3)25)16(29)22(37-13)38-17-14(7-32-9(2)24)36-21(30)20(35-12(5)27)19(17)34-11(4)26/h13-22,28-30H,6-7H2,1-5H3. The van der Waals surface area contributed by atoms with E-state index in [1.165, 1.54) is 0 Å². The Hall–Kier alpha value is -2.89. The average molecular weight is 552 g/mol. The minimum absolute atomic E-state index is 0.527. The molecule has 2 saturated heterocycles. The normalized spacial score (nSPS) is 34.9. The molecule has 38 heavy (non-hydrogen) atoms. The summed E-state index contributed by atoms with van der Waals surface area (Å²) in [6.45, 7) is 4.20. The zero-order chi connectivity index (χ0) is 28.7. The van der Waals surface area contributed by atoms with E-state index in [0.29, 0.717) is 0 Å². The van der Waals surface area contributed by atoms with E-state index >= 15 is 0 Å². The number of aliphatic hydroxyl groups excluding tert-OH is 3. The second-order valence-corrected chi connectivity index (χ2v) is 8.52. The maximum atomic E-state index is 11.9. The van der Waals surface area contributed by atoms with Crippen molar-refractivity contribution in [3.8, 4) is 0 Å². The highest BCUT2D eigenvalue weighted by Crippen LogP contribution is 2.32. The smallest absolute Gasteiger partial charge is 0.303 e. The molecule has 10 atom stereocenters. The van der Waals surface area contributed by atoms with Gasteiger partial charge in [-0.3, -0.25) is 24.0 Å². The van der Waals surface area contributed by atoms with Crippen LogP contribution in [0.3, 0.4) is 0 Å². The van der Waals surface area contributed by atoms with Crippen LogP contribution in [0.4, 0.5) is 0 Å². The third kappa shape index (κ3) is 8.57. The first-order valence-electron chi connectivity index (χ1n) is 11.5. The van der Waals surface area contributed by atoms with Crippen LogP contribution in [0.1, 0.15) is 34.6 Å². The Bertz CT molecular complexity index is 875. The Balaban J connectivity index is 2.45. The Labute approximate surface area is 216 Å². The monoisotopic (exact) mass is 552 g/mol. The number of hydrogen-bond donors (Lipinski definition) is 3. The van der Waals surface area contributed by atoms with E-state index in [2.05, 4.69) is 0 Å². The van der Waals surface area contributed by atoms with Crippen molar-refractivity contribution >= 4 is 29.8 Å². The Morgan fingerprint density at radius 2 is 1.05 bits per heavy atom. The predicted molar refractivity (Wildman–Crippen MR) is 116 cm³/mol. The SMILES string of the molecule is CC(=O)OCC1OC(OC2C(COC(C)=O)OC(O)C(OC(C)=O)C2OC(C)=O)C(O)C(OC(C)=O)C1O. The molecular formula is C22H32O16. The lowest BCUT2D eigenvalue weighted by molar-refractivity contribution is -0.356. The second-order valence-electron chi connectivity index (χ2n) is 8.52. The molecular weight excluding hydrogens is 520 g/mol. The van der Waals surface area contributed by atoms with Gasteiger partial charge in [0.2, 0.25) is 0 Å². The summed E-state index contributed by atoms with van der Waals surface area (Å²) in [5.74, 6) is -4.08. The van der Waals surface area contributed by atoms with Crippen LogP contribution < -0.4 is 0 Å². The first kappa shape index (κ1) is 31.3. The number of rotatable bonds is 9. The minimum Gasteiger partial charge on any atom is -0.463 e. The van der Waals surface area contributed by atoms with Crippen molar-refractivity contribution in [3.63, 3.8) is 0 Å². The van der Waals surface area contributed by atoms with Crippen molar-refractivity contribution in [3.05, 3.63) is 0 Å². The van der Waals surface area contributed by atoms with Gasteiger partial charge in [0.25, 0.3) is 0 Å². The number of carbonyl (C=O) groups excluding carboxylic acids is 5. The van der Waals surface area contributed by atoms with Gasteiger partial charge in [-0.1, -0.05) is 0 Å². The lowest BCUT2D eigenvalue weighted by atomic mass is 9.96. The molecule has 3 N–H and O–H groups in total. The third-order valence-corrected chi connectivity index (χ3v) is 5.35. The van der Waals surface area contributed by atoms with Crippen LogP contribution in [0.2, 0.25) is 0 Å². The largest absolute Gasteiger partial charge is 0.463 e. The maximum absolute atomic E-state index is 11.9. The Morgan fingerprint density at radius 3 is 1.55 bits per heavy atom. The topological polar surface area (TPSA) is 220 Å². The summed E-state index contributed by atoms with van der Waals surface area (Å²) in [4.78, 5) is 57.9. The second kappa shape index (κ2) is 13.8. The van der Waals surface area contributed by atoms with Gasteiger partial charge in [0.05, 0.1) is 0 Å². The van der Waals surface area contributed by atoms with Gasteiger partial charge in [0.15, 0.2) is 30.9 Å². The molecule has 0 saturated carbocycles. The summed E-state index contributed by atoms with van der Waals surface area (Å²) in [6, 6.07) is 0. The molecule has 2 aliphatic rings. The number of hydrogen-bond acceptors (Lipinski definition) is 16. The van der Waals surface area contributed by atoms with Gasteiger partial charge < -0.3 is 53.2 Å². The van der Waals surface area contributed by atoms with Crippen LogP contribution in [0, 0.1) is 0 Å². The van der Waals surface area contributed by atoms with E-state index in [1.807, 2.05) is 0 Å². The summed E-state index contributed by atoms with van der Waals surface area (Å²) in [5.41, 5.74) is 0. The lowest BCUT2D eigenvalue weighted by Gasteiger charge is -2.47. The predicted octanol–water partition coefficient (Wildman–Crippen LogP) is -2.54. The average Bonchev–Trinajstić information content (AvgIpc) is 2.79. The van der Waals surface area contributed by atoms with Gasteiger partial charge in [0, 0.05) is 34.6 Å². The van der Waals surface area contributed by atoms with Crippen LogP contribution in [0.15, 0.2) is 0 Å². The number of carbonyl (C=O) groups is 5. The zero-order valence-electron chi connectivity index (χ0n) is 21.3. The molecule has 0 aliphatic carbocycles. The summed E-state index contributed by atoms with van der Waals surface area (Å²) in [7, 11) is 0. The van der Waals surface area contributed by atoms with E-state index in [1.54, 1.807) is 0 Å². The van der Waals surface area contributed by atoms with E-state index in [4.69, 9.17) is 37.9 Å². The van der Waals surface area contributed by atoms with Crippen molar-refractivity contribution in [1.29, 1.82) is 0 Å². The van der Waals surface area contributed by atoms with Crippen molar-refractivity contribution < 1.29 is 77.2 Å². The molecule has 2 rings (SSSR count). The fourth-order valence-electron chi connectivity index (χ4n) is 3.87. The van der Waals surface area contributed by atoms with Crippen molar-refractivity contribution in [2.24, 2.45) is 0 Å². The quantitative estimate of drug-likeness (QED) is 0.198. The highest BCUT2D eigenvalue weighted by Gasteiger charge is 2.54. The highest BCUT2D eigenvalue weighted by molar-refractivity contribution is 5.68. The van der Waals surface area contributed by atoms with E-state index in [-0.39, 0.29) is 0 Å². The Morgan fingerprint density at radius 1 is 0.579 bits per heavy atom. The maximum Gasteiger partial charge on any atom is 0.303 e. The van der Waals surface area contributed by atoms with Crippen LogP contribution in [0.25, 0.3) is 0 Å². The summed E-state index contributed by atoms with van der Waals surface area (Å²) in [6.07, 6.45) is -16.2. The van der Waals surface area contributed by atoms with Gasteiger partial charge >= 0.3 is 29.8 Å². The molecule has 0 bridgehead atoms. The molecule has 0 aromatic heterocycles. The third-order valence-electron chi connectivity index (χ3n) is 5.35. The minimum atomic E-state index is -1.85. The number of esters is 5. The molecule has 0 aromatic rings. The lowest BCUT2D eigenvalue weighted by Crippen LogP contribution is -2.66. The van der Waals surface area contributed by atoms with Crippen LogP contribution in [-0.2, 0) is 61.9 Å². The van der Waals surface area contributed by atoms with Crippen LogP contribution >= 0.6 is 0 Å². The van der Waals surface area contributed by atoms with Crippen molar-refractivity contribution in [2.75, 3.05) is 13.2 Å². The van der Waals surface area contributed by atoms with Gasteiger partial charge in [-0.25, -0.2) is 0 Å². The fourth-order valence-corrected chi connectivity index (χ4v) is 3.87. The summed E-state index contributed by atoms with van der Waals surface area (Å²) in [5, 5.41) is 31.9. The molecule has 2 fully saturated rings. The van der Waals surface area contributed by atoms with E-state index in [9.17, 15) is 39.3 Å². The van der Waals surface area contributed by atoms with E-state index in [0.717, 1.165) is 34.6 Å². The van der Waals surface area contributed by atoms with Crippen LogP contribution in [-0.4, -0.2) is 120 Å². The Kier molecular flexibility index (Phi) is 11.4. The molecule has 0 spiro atoms. The number of ether oxygens (including phenoxy) is 8. The van der Waals surface area contributed by atoms with Gasteiger partial charge in [0.1, 0.15) is 43.7 Å². The first-order chi connectivity index (χ1) is 17.7. The molecule has 16 nitrogen and oxygen atoms in total. The summed E-state index contributed by atoms with van der Waals surface area (Å²) >= 11 is 0. The van der Waals surface area contributed by atoms with Crippen molar-refractivity contribution in [2.45, 2.75) is 96.0 Å². The fraction of sp³-hybridized carbons (Fsp3) is 0.773. The zero-order valence-corrected chi connectivity index (χ0v) is 21.3.